The summed E-state index contributed by atoms with van der Waals surface area (Å²) in [6, 6.07) is 30.2. The van der Waals surface area contributed by atoms with Crippen molar-refractivity contribution in [3.63, 3.8) is 0 Å². The highest BCUT2D eigenvalue weighted by atomic mass is 14.9. The summed E-state index contributed by atoms with van der Waals surface area (Å²) < 4.78 is 0. The fourth-order valence-electron chi connectivity index (χ4n) is 2.87. The van der Waals surface area contributed by atoms with Crippen LogP contribution in [0.15, 0.2) is 84.9 Å². The maximum Gasteiger partial charge on any atom is 0.0214 e. The van der Waals surface area contributed by atoms with E-state index in [0.29, 0.717) is 5.92 Å². The summed E-state index contributed by atoms with van der Waals surface area (Å²) in [4.78, 5) is 0. The average Bonchev–Trinajstić information content (AvgIpc) is 2.61. The first-order valence-electron chi connectivity index (χ1n) is 8.19. The van der Waals surface area contributed by atoms with Gasteiger partial charge in [0.25, 0.3) is 0 Å². The largest absolute Gasteiger partial charge is 0.312 e. The Hall–Kier alpha value is -2.38. The molecule has 0 heterocycles. The summed E-state index contributed by atoms with van der Waals surface area (Å²) in [6.45, 7) is 3.97. The third-order valence-electron chi connectivity index (χ3n) is 4.20. The van der Waals surface area contributed by atoms with Crippen molar-refractivity contribution in [2.75, 3.05) is 6.54 Å². The van der Waals surface area contributed by atoms with Gasteiger partial charge < -0.3 is 5.32 Å². The molecule has 1 unspecified atom stereocenters. The predicted octanol–water partition coefficient (Wildman–Crippen LogP) is 4.92. The summed E-state index contributed by atoms with van der Waals surface area (Å²) >= 11 is 0. The van der Waals surface area contributed by atoms with Crippen LogP contribution in [0.25, 0.3) is 0 Å². The van der Waals surface area contributed by atoms with Crippen molar-refractivity contribution < 1.29 is 0 Å². The molecule has 0 bridgehead atoms. The zero-order valence-corrected chi connectivity index (χ0v) is 13.6. The molecule has 1 nitrogen and oxygen atoms in total. The van der Waals surface area contributed by atoms with E-state index < -0.39 is 0 Å². The second-order valence-electron chi connectivity index (χ2n) is 5.99. The molecule has 0 fully saturated rings. The van der Waals surface area contributed by atoms with Gasteiger partial charge in [0.15, 0.2) is 0 Å². The molecule has 0 spiro atoms. The normalized spacial score (nSPS) is 12.0. The van der Waals surface area contributed by atoms with Crippen LogP contribution in [0.3, 0.4) is 0 Å². The molecule has 3 aromatic rings. The molecule has 3 rings (SSSR count). The lowest BCUT2D eigenvalue weighted by atomic mass is 9.90. The standard InChI is InChI=1S/C22H23N/c1-18-12-14-21(15-13-18)22(20-10-6-3-7-11-20)17-23-16-19-8-4-2-5-9-19/h2-15,22-23H,16-17H2,1H3. The van der Waals surface area contributed by atoms with Gasteiger partial charge in [-0.2, -0.15) is 0 Å². The summed E-state index contributed by atoms with van der Waals surface area (Å²) in [5, 5.41) is 3.61. The molecule has 0 aliphatic carbocycles. The Kier molecular flexibility index (Phi) is 5.23. The van der Waals surface area contributed by atoms with E-state index in [0.717, 1.165) is 13.1 Å². The Balaban J connectivity index is 1.74. The lowest BCUT2D eigenvalue weighted by Crippen LogP contribution is -2.22. The lowest BCUT2D eigenvalue weighted by Gasteiger charge is -2.19. The van der Waals surface area contributed by atoms with E-state index in [1.807, 2.05) is 0 Å². The minimum Gasteiger partial charge on any atom is -0.312 e. The van der Waals surface area contributed by atoms with Crippen LogP contribution in [0.5, 0.6) is 0 Å². The summed E-state index contributed by atoms with van der Waals surface area (Å²) in [5.74, 6) is 0.375. The number of aryl methyl sites for hydroxylation is 1. The van der Waals surface area contributed by atoms with Gasteiger partial charge in [-0.1, -0.05) is 90.5 Å². The van der Waals surface area contributed by atoms with E-state index in [9.17, 15) is 0 Å². The first-order chi connectivity index (χ1) is 11.3. The second kappa shape index (κ2) is 7.75. The van der Waals surface area contributed by atoms with Crippen LogP contribution < -0.4 is 5.32 Å². The molecule has 23 heavy (non-hydrogen) atoms. The number of benzene rings is 3. The smallest absolute Gasteiger partial charge is 0.0214 e. The molecule has 1 atom stereocenters. The maximum absolute atomic E-state index is 3.61. The molecule has 1 heteroatoms. The van der Waals surface area contributed by atoms with Gasteiger partial charge in [0.1, 0.15) is 0 Å². The van der Waals surface area contributed by atoms with Gasteiger partial charge in [0.05, 0.1) is 0 Å². The molecule has 0 saturated heterocycles. The summed E-state index contributed by atoms with van der Waals surface area (Å²) in [7, 11) is 0. The van der Waals surface area contributed by atoms with Gasteiger partial charge in [-0.25, -0.2) is 0 Å². The minimum absolute atomic E-state index is 0.375. The van der Waals surface area contributed by atoms with E-state index in [1.54, 1.807) is 0 Å². The van der Waals surface area contributed by atoms with Crippen LogP contribution in [0.1, 0.15) is 28.2 Å². The van der Waals surface area contributed by atoms with E-state index in [2.05, 4.69) is 97.2 Å². The second-order valence-corrected chi connectivity index (χ2v) is 5.99. The van der Waals surface area contributed by atoms with E-state index in [-0.39, 0.29) is 0 Å². The summed E-state index contributed by atoms with van der Waals surface area (Å²) in [6.07, 6.45) is 0. The number of hydrogen-bond acceptors (Lipinski definition) is 1. The molecule has 0 aliphatic rings. The average molecular weight is 301 g/mol. The molecule has 116 valence electrons. The van der Waals surface area contributed by atoms with Crippen LogP contribution in [-0.2, 0) is 6.54 Å². The quantitative estimate of drug-likeness (QED) is 0.681. The molecular formula is C22H23N. The molecule has 1 N–H and O–H groups in total. The Bertz CT molecular complexity index is 702. The van der Waals surface area contributed by atoms with Crippen molar-refractivity contribution in [2.24, 2.45) is 0 Å². The Labute approximate surface area is 139 Å². The lowest BCUT2D eigenvalue weighted by molar-refractivity contribution is 0.636. The first kappa shape index (κ1) is 15.5. The Morgan fingerprint density at radius 3 is 1.91 bits per heavy atom. The SMILES string of the molecule is Cc1ccc(C(CNCc2ccccc2)c2ccccc2)cc1. The van der Waals surface area contributed by atoms with Gasteiger partial charge in [0, 0.05) is 19.0 Å². The summed E-state index contributed by atoms with van der Waals surface area (Å²) in [5.41, 5.74) is 5.35. The van der Waals surface area contributed by atoms with E-state index >= 15 is 0 Å². The van der Waals surface area contributed by atoms with Gasteiger partial charge in [-0.05, 0) is 23.6 Å². The topological polar surface area (TPSA) is 12.0 Å². The van der Waals surface area contributed by atoms with Crippen LogP contribution in [-0.4, -0.2) is 6.54 Å². The molecule has 0 aromatic heterocycles. The third kappa shape index (κ3) is 4.30. The Morgan fingerprint density at radius 2 is 1.26 bits per heavy atom. The van der Waals surface area contributed by atoms with Gasteiger partial charge in [-0.3, -0.25) is 0 Å². The van der Waals surface area contributed by atoms with E-state index in [4.69, 9.17) is 0 Å². The van der Waals surface area contributed by atoms with Gasteiger partial charge in [-0.15, -0.1) is 0 Å². The third-order valence-corrected chi connectivity index (χ3v) is 4.20. The molecule has 3 aromatic carbocycles. The predicted molar refractivity (Wildman–Crippen MR) is 97.6 cm³/mol. The Morgan fingerprint density at radius 1 is 0.696 bits per heavy atom. The number of rotatable bonds is 6. The fourth-order valence-corrected chi connectivity index (χ4v) is 2.87. The van der Waals surface area contributed by atoms with Crippen LogP contribution in [0.2, 0.25) is 0 Å². The molecule has 0 amide bonds. The zero-order chi connectivity index (χ0) is 15.9. The van der Waals surface area contributed by atoms with Crippen molar-refractivity contribution in [2.45, 2.75) is 19.4 Å². The van der Waals surface area contributed by atoms with Gasteiger partial charge in [0.2, 0.25) is 0 Å². The van der Waals surface area contributed by atoms with Crippen molar-refractivity contribution in [3.8, 4) is 0 Å². The van der Waals surface area contributed by atoms with Crippen molar-refractivity contribution >= 4 is 0 Å². The highest BCUT2D eigenvalue weighted by Crippen LogP contribution is 2.24. The van der Waals surface area contributed by atoms with Crippen LogP contribution >= 0.6 is 0 Å². The van der Waals surface area contributed by atoms with Crippen LogP contribution in [0, 0.1) is 6.92 Å². The first-order valence-corrected chi connectivity index (χ1v) is 8.19. The van der Waals surface area contributed by atoms with Gasteiger partial charge >= 0.3 is 0 Å². The molecule has 0 aliphatic heterocycles. The highest BCUT2D eigenvalue weighted by Gasteiger charge is 2.13. The monoisotopic (exact) mass is 301 g/mol. The minimum atomic E-state index is 0.375. The van der Waals surface area contributed by atoms with Crippen molar-refractivity contribution in [1.82, 2.24) is 5.32 Å². The maximum atomic E-state index is 3.61. The fraction of sp³-hybridized carbons (Fsp3) is 0.182. The number of hydrogen-bond donors (Lipinski definition) is 1. The molecule has 0 saturated carbocycles. The van der Waals surface area contributed by atoms with E-state index in [1.165, 1.54) is 22.3 Å². The van der Waals surface area contributed by atoms with Crippen molar-refractivity contribution in [1.29, 1.82) is 0 Å². The number of nitrogens with one attached hydrogen (secondary N) is 1. The van der Waals surface area contributed by atoms with Crippen LogP contribution in [0.4, 0.5) is 0 Å². The zero-order valence-electron chi connectivity index (χ0n) is 13.6. The molecule has 0 radical (unpaired) electrons. The molecular weight excluding hydrogens is 278 g/mol. The highest BCUT2D eigenvalue weighted by molar-refractivity contribution is 5.34. The van der Waals surface area contributed by atoms with Crippen molar-refractivity contribution in [3.05, 3.63) is 107 Å².